The normalized spacial score (nSPS) is 20.7. The number of nitrogens with one attached hydrogen (secondary N) is 1. The van der Waals surface area contributed by atoms with Crippen LogP contribution in [0.2, 0.25) is 0 Å². The topological polar surface area (TPSA) is 35.5 Å². The van der Waals surface area contributed by atoms with Crippen LogP contribution in [0.25, 0.3) is 0 Å². The molecule has 0 radical (unpaired) electrons. The van der Waals surface area contributed by atoms with Crippen molar-refractivity contribution in [3.05, 3.63) is 28.2 Å². The lowest BCUT2D eigenvalue weighted by Crippen LogP contribution is -2.39. The highest BCUT2D eigenvalue weighted by molar-refractivity contribution is 9.10. The van der Waals surface area contributed by atoms with Crippen LogP contribution in [0.5, 0.6) is 5.75 Å². The molecule has 1 heterocycles. The number of phenols is 1. The molecule has 118 valence electrons. The third-order valence-corrected chi connectivity index (χ3v) is 4.97. The number of piperidine rings is 1. The number of hydrogen-bond acceptors (Lipinski definition) is 3. The van der Waals surface area contributed by atoms with E-state index in [2.05, 4.69) is 46.1 Å². The minimum atomic E-state index is 0.287. The van der Waals surface area contributed by atoms with E-state index >= 15 is 0 Å². The predicted molar refractivity (Wildman–Crippen MR) is 91.7 cm³/mol. The van der Waals surface area contributed by atoms with Crippen molar-refractivity contribution in [1.29, 1.82) is 0 Å². The first-order valence-corrected chi connectivity index (χ1v) is 8.88. The van der Waals surface area contributed by atoms with Gasteiger partial charge in [0.25, 0.3) is 0 Å². The van der Waals surface area contributed by atoms with Gasteiger partial charge >= 0.3 is 0 Å². The number of rotatable bonds is 6. The average molecular weight is 355 g/mol. The van der Waals surface area contributed by atoms with Crippen molar-refractivity contribution < 1.29 is 5.11 Å². The van der Waals surface area contributed by atoms with Crippen molar-refractivity contribution in [3.63, 3.8) is 0 Å². The Bertz CT molecular complexity index is 446. The van der Waals surface area contributed by atoms with Gasteiger partial charge in [-0.3, -0.25) is 4.90 Å². The van der Waals surface area contributed by atoms with Crippen molar-refractivity contribution in [2.24, 2.45) is 5.92 Å². The molecule has 4 heteroatoms. The molecular weight excluding hydrogens is 328 g/mol. The SMILES string of the molecule is CCC(c1cc(Br)ccc1O)N(CC)CC1CCCNC1. The first-order valence-electron chi connectivity index (χ1n) is 8.08. The van der Waals surface area contributed by atoms with Crippen molar-refractivity contribution >= 4 is 15.9 Å². The maximum atomic E-state index is 10.2. The molecule has 2 rings (SSSR count). The maximum Gasteiger partial charge on any atom is 0.120 e. The molecule has 1 aromatic rings. The molecule has 1 aliphatic rings. The molecule has 3 nitrogen and oxygen atoms in total. The maximum absolute atomic E-state index is 10.2. The third kappa shape index (κ3) is 4.44. The van der Waals surface area contributed by atoms with Gasteiger partial charge in [-0.2, -0.15) is 0 Å². The molecule has 2 N–H and O–H groups in total. The van der Waals surface area contributed by atoms with Crippen LogP contribution in [-0.2, 0) is 0 Å². The van der Waals surface area contributed by atoms with Crippen molar-refractivity contribution in [2.45, 2.75) is 39.2 Å². The first-order chi connectivity index (χ1) is 10.2. The fourth-order valence-corrected chi connectivity index (χ4v) is 3.73. The summed E-state index contributed by atoms with van der Waals surface area (Å²) in [7, 11) is 0. The summed E-state index contributed by atoms with van der Waals surface area (Å²) >= 11 is 3.52. The second-order valence-electron chi connectivity index (χ2n) is 5.93. The van der Waals surface area contributed by atoms with E-state index in [0.29, 0.717) is 5.75 Å². The second kappa shape index (κ2) is 8.16. The lowest BCUT2D eigenvalue weighted by atomic mass is 9.96. The van der Waals surface area contributed by atoms with E-state index in [1.54, 1.807) is 6.07 Å². The number of hydrogen-bond donors (Lipinski definition) is 2. The zero-order valence-corrected chi connectivity index (χ0v) is 14.7. The van der Waals surface area contributed by atoms with Gasteiger partial charge in [0.05, 0.1) is 0 Å². The van der Waals surface area contributed by atoms with Gasteiger partial charge in [-0.1, -0.05) is 29.8 Å². The van der Waals surface area contributed by atoms with E-state index in [9.17, 15) is 5.11 Å². The monoisotopic (exact) mass is 354 g/mol. The number of nitrogens with zero attached hydrogens (tertiary/aromatic N) is 1. The average Bonchev–Trinajstić information content (AvgIpc) is 2.51. The van der Waals surface area contributed by atoms with E-state index in [1.807, 2.05) is 6.07 Å². The summed E-state index contributed by atoms with van der Waals surface area (Å²) in [5.74, 6) is 1.13. The quantitative estimate of drug-likeness (QED) is 0.812. The highest BCUT2D eigenvalue weighted by Gasteiger charge is 2.24. The Morgan fingerprint density at radius 2 is 2.24 bits per heavy atom. The third-order valence-electron chi connectivity index (χ3n) is 4.47. The van der Waals surface area contributed by atoms with Crippen LogP contribution >= 0.6 is 15.9 Å². The van der Waals surface area contributed by atoms with Gasteiger partial charge in [0, 0.05) is 22.6 Å². The van der Waals surface area contributed by atoms with Gasteiger partial charge in [-0.05, 0) is 63.0 Å². The van der Waals surface area contributed by atoms with E-state index in [4.69, 9.17) is 0 Å². The summed E-state index contributed by atoms with van der Waals surface area (Å²) in [6.07, 6.45) is 3.60. The zero-order valence-electron chi connectivity index (χ0n) is 13.1. The fourth-order valence-electron chi connectivity index (χ4n) is 3.36. The van der Waals surface area contributed by atoms with E-state index < -0.39 is 0 Å². The standard InChI is InChI=1S/C17H27BrN2O/c1-3-16(15-10-14(18)7-8-17(15)21)20(4-2)12-13-6-5-9-19-11-13/h7-8,10,13,16,19,21H,3-6,9,11-12H2,1-2H3. The van der Waals surface area contributed by atoms with E-state index in [1.165, 1.54) is 12.8 Å². The first kappa shape index (κ1) is 16.8. The fraction of sp³-hybridized carbons (Fsp3) is 0.647. The van der Waals surface area contributed by atoms with Gasteiger partial charge < -0.3 is 10.4 Å². The van der Waals surface area contributed by atoms with E-state index in [0.717, 1.165) is 48.6 Å². The minimum absolute atomic E-state index is 0.287. The number of aromatic hydroxyl groups is 1. The molecule has 0 saturated carbocycles. The lowest BCUT2D eigenvalue weighted by molar-refractivity contribution is 0.155. The predicted octanol–water partition coefficient (Wildman–Crippen LogP) is 3.93. The summed E-state index contributed by atoms with van der Waals surface area (Å²) in [5, 5.41) is 13.7. The Hall–Kier alpha value is -0.580. The van der Waals surface area contributed by atoms with Crippen LogP contribution in [0.1, 0.15) is 44.7 Å². The molecule has 1 saturated heterocycles. The smallest absolute Gasteiger partial charge is 0.120 e. The Morgan fingerprint density at radius 3 is 2.86 bits per heavy atom. The largest absolute Gasteiger partial charge is 0.508 e. The highest BCUT2D eigenvalue weighted by Crippen LogP contribution is 2.34. The van der Waals surface area contributed by atoms with Gasteiger partial charge in [-0.25, -0.2) is 0 Å². The molecule has 0 aliphatic carbocycles. The van der Waals surface area contributed by atoms with Crippen LogP contribution in [0.4, 0.5) is 0 Å². The van der Waals surface area contributed by atoms with Crippen molar-refractivity contribution in [2.75, 3.05) is 26.2 Å². The molecular formula is C17H27BrN2O. The van der Waals surface area contributed by atoms with Gasteiger partial charge in [-0.15, -0.1) is 0 Å². The Balaban J connectivity index is 2.14. The van der Waals surface area contributed by atoms with Crippen LogP contribution in [0, 0.1) is 5.92 Å². The van der Waals surface area contributed by atoms with Crippen LogP contribution in [0.15, 0.2) is 22.7 Å². The molecule has 2 unspecified atom stereocenters. The Morgan fingerprint density at radius 1 is 1.43 bits per heavy atom. The van der Waals surface area contributed by atoms with Crippen LogP contribution < -0.4 is 5.32 Å². The van der Waals surface area contributed by atoms with Crippen LogP contribution in [0.3, 0.4) is 0 Å². The van der Waals surface area contributed by atoms with Crippen molar-refractivity contribution in [1.82, 2.24) is 10.2 Å². The van der Waals surface area contributed by atoms with Crippen LogP contribution in [-0.4, -0.2) is 36.2 Å². The van der Waals surface area contributed by atoms with E-state index in [-0.39, 0.29) is 6.04 Å². The molecule has 1 aromatic carbocycles. The van der Waals surface area contributed by atoms with Gasteiger partial charge in [0.2, 0.25) is 0 Å². The number of benzene rings is 1. The lowest BCUT2D eigenvalue weighted by Gasteiger charge is -2.35. The summed E-state index contributed by atoms with van der Waals surface area (Å²) in [6.45, 7) is 8.82. The number of phenolic OH excluding ortho intramolecular Hbond substituents is 1. The molecule has 21 heavy (non-hydrogen) atoms. The summed E-state index contributed by atoms with van der Waals surface area (Å²) in [4.78, 5) is 2.51. The summed E-state index contributed by atoms with van der Waals surface area (Å²) in [6, 6.07) is 6.03. The molecule has 1 aliphatic heterocycles. The molecule has 0 amide bonds. The molecule has 0 aromatic heterocycles. The summed E-state index contributed by atoms with van der Waals surface area (Å²) in [5.41, 5.74) is 1.04. The molecule has 0 spiro atoms. The highest BCUT2D eigenvalue weighted by atomic mass is 79.9. The van der Waals surface area contributed by atoms with Crippen molar-refractivity contribution in [3.8, 4) is 5.75 Å². The number of halogens is 1. The summed E-state index contributed by atoms with van der Waals surface area (Å²) < 4.78 is 1.03. The van der Waals surface area contributed by atoms with Gasteiger partial charge in [0.15, 0.2) is 0 Å². The second-order valence-corrected chi connectivity index (χ2v) is 6.84. The molecule has 1 fully saturated rings. The minimum Gasteiger partial charge on any atom is -0.508 e. The Kier molecular flexibility index (Phi) is 6.52. The van der Waals surface area contributed by atoms with Gasteiger partial charge in [0.1, 0.15) is 5.75 Å². The molecule has 2 atom stereocenters. The zero-order chi connectivity index (χ0) is 15.2. The Labute approximate surface area is 136 Å². The molecule has 0 bridgehead atoms.